The number of hydrogen-bond donors (Lipinski definition) is 0. The molecule has 0 bridgehead atoms. The van der Waals surface area contributed by atoms with E-state index >= 15 is 0 Å². The van der Waals surface area contributed by atoms with Crippen molar-refractivity contribution in [3.8, 4) is 0 Å². The van der Waals surface area contributed by atoms with Crippen LogP contribution in [0.1, 0.15) is 33.4 Å². The number of rotatable bonds is 0. The lowest BCUT2D eigenvalue weighted by molar-refractivity contribution is 1.13. The molecule has 0 saturated heterocycles. The number of benzene rings is 1. The molecule has 14 heavy (non-hydrogen) atoms. The Balaban J connectivity index is 2.76. The van der Waals surface area contributed by atoms with Gasteiger partial charge in [-0.25, -0.2) is 0 Å². The normalized spacial score (nSPS) is 14.7. The fourth-order valence-electron chi connectivity index (χ4n) is 2.51. The van der Waals surface area contributed by atoms with E-state index in [0.717, 1.165) is 12.8 Å². The summed E-state index contributed by atoms with van der Waals surface area (Å²) >= 11 is 0. The van der Waals surface area contributed by atoms with Gasteiger partial charge in [-0.3, -0.25) is 0 Å². The van der Waals surface area contributed by atoms with Crippen LogP contribution in [0.5, 0.6) is 0 Å². The molecule has 1 aromatic carbocycles. The van der Waals surface area contributed by atoms with Crippen LogP contribution in [0.2, 0.25) is 0 Å². The first kappa shape index (κ1) is 9.51. The lowest BCUT2D eigenvalue weighted by atomic mass is 9.90. The Hall–Kier alpha value is -1.04. The molecular formula is C14H18. The van der Waals surface area contributed by atoms with Crippen LogP contribution in [0.25, 0.3) is 0 Å². The number of hydrogen-bond acceptors (Lipinski definition) is 0. The molecule has 0 aromatic heterocycles. The van der Waals surface area contributed by atoms with E-state index in [1.807, 2.05) is 0 Å². The van der Waals surface area contributed by atoms with Crippen molar-refractivity contribution < 1.29 is 0 Å². The number of allylic oxidation sites excluding steroid dienone is 1. The molecule has 0 saturated carbocycles. The lowest BCUT2D eigenvalue weighted by Crippen LogP contribution is -1.99. The molecule has 0 heterocycles. The van der Waals surface area contributed by atoms with Gasteiger partial charge in [-0.15, -0.1) is 0 Å². The molecule has 1 aliphatic carbocycles. The standard InChI is InChI=1S/C14H18/c1-8-6-13-11(4)9(2)10(3)12(5)14(13)7-8/h1,6-7H2,2-5H3. The second kappa shape index (κ2) is 2.98. The molecule has 1 aliphatic rings. The van der Waals surface area contributed by atoms with E-state index in [2.05, 4.69) is 34.3 Å². The molecular weight excluding hydrogens is 168 g/mol. The van der Waals surface area contributed by atoms with Crippen LogP contribution >= 0.6 is 0 Å². The van der Waals surface area contributed by atoms with E-state index < -0.39 is 0 Å². The van der Waals surface area contributed by atoms with E-state index in [-0.39, 0.29) is 0 Å². The van der Waals surface area contributed by atoms with Crippen molar-refractivity contribution in [1.29, 1.82) is 0 Å². The van der Waals surface area contributed by atoms with Crippen LogP contribution < -0.4 is 0 Å². The van der Waals surface area contributed by atoms with Crippen LogP contribution in [0.3, 0.4) is 0 Å². The molecule has 0 spiro atoms. The molecule has 0 heteroatoms. The van der Waals surface area contributed by atoms with E-state index in [9.17, 15) is 0 Å². The summed E-state index contributed by atoms with van der Waals surface area (Å²) in [6.07, 6.45) is 2.20. The minimum absolute atomic E-state index is 1.10. The highest BCUT2D eigenvalue weighted by molar-refractivity contribution is 5.55. The Morgan fingerprint density at radius 2 is 1.07 bits per heavy atom. The first-order valence-electron chi connectivity index (χ1n) is 5.27. The van der Waals surface area contributed by atoms with Crippen molar-refractivity contribution in [2.75, 3.05) is 0 Å². The van der Waals surface area contributed by atoms with Crippen LogP contribution in [-0.4, -0.2) is 0 Å². The SMILES string of the molecule is C=C1Cc2c(C)c(C)c(C)c(C)c2C1. The average Bonchev–Trinajstić information content (AvgIpc) is 2.54. The summed E-state index contributed by atoms with van der Waals surface area (Å²) in [5.74, 6) is 0. The second-order valence-corrected chi connectivity index (χ2v) is 4.56. The molecule has 0 aliphatic heterocycles. The van der Waals surface area contributed by atoms with Crippen molar-refractivity contribution in [3.05, 3.63) is 45.5 Å². The zero-order valence-corrected chi connectivity index (χ0v) is 9.62. The van der Waals surface area contributed by atoms with Crippen molar-refractivity contribution >= 4 is 0 Å². The summed E-state index contributed by atoms with van der Waals surface area (Å²) in [4.78, 5) is 0. The molecule has 0 amide bonds. The maximum absolute atomic E-state index is 4.11. The molecule has 0 radical (unpaired) electrons. The Morgan fingerprint density at radius 3 is 1.43 bits per heavy atom. The van der Waals surface area contributed by atoms with Crippen molar-refractivity contribution in [3.63, 3.8) is 0 Å². The Labute approximate surface area is 86.7 Å². The molecule has 1 aromatic rings. The molecule has 0 fully saturated rings. The summed E-state index contributed by atoms with van der Waals surface area (Å²) < 4.78 is 0. The van der Waals surface area contributed by atoms with Crippen LogP contribution in [0.15, 0.2) is 12.2 Å². The second-order valence-electron chi connectivity index (χ2n) is 4.56. The van der Waals surface area contributed by atoms with Gasteiger partial charge in [0.05, 0.1) is 0 Å². The third-order valence-corrected chi connectivity index (χ3v) is 3.81. The summed E-state index contributed by atoms with van der Waals surface area (Å²) in [6, 6.07) is 0. The summed E-state index contributed by atoms with van der Waals surface area (Å²) in [6.45, 7) is 13.1. The van der Waals surface area contributed by atoms with Gasteiger partial charge in [0.2, 0.25) is 0 Å². The third-order valence-electron chi connectivity index (χ3n) is 3.81. The molecule has 0 unspecified atom stereocenters. The van der Waals surface area contributed by atoms with Crippen molar-refractivity contribution in [2.24, 2.45) is 0 Å². The van der Waals surface area contributed by atoms with Crippen molar-refractivity contribution in [2.45, 2.75) is 40.5 Å². The van der Waals surface area contributed by atoms with Crippen LogP contribution in [-0.2, 0) is 12.8 Å². The average molecular weight is 186 g/mol. The molecule has 0 nitrogen and oxygen atoms in total. The van der Waals surface area contributed by atoms with E-state index in [0.29, 0.717) is 0 Å². The number of fused-ring (bicyclic) bond motifs is 1. The Bertz CT molecular complexity index is 383. The van der Waals surface area contributed by atoms with Gasteiger partial charge in [0.1, 0.15) is 0 Å². The minimum Gasteiger partial charge on any atom is -0.0992 e. The zero-order chi connectivity index (χ0) is 10.5. The maximum atomic E-state index is 4.11. The van der Waals surface area contributed by atoms with Gasteiger partial charge in [-0.2, -0.15) is 0 Å². The van der Waals surface area contributed by atoms with Crippen LogP contribution in [0.4, 0.5) is 0 Å². The molecule has 0 N–H and O–H groups in total. The first-order valence-corrected chi connectivity index (χ1v) is 5.27. The van der Waals surface area contributed by atoms with Gasteiger partial charge in [0.15, 0.2) is 0 Å². The summed E-state index contributed by atoms with van der Waals surface area (Å²) in [5.41, 5.74) is 10.4. The molecule has 74 valence electrons. The van der Waals surface area contributed by atoms with Gasteiger partial charge in [0, 0.05) is 0 Å². The fraction of sp³-hybridized carbons (Fsp3) is 0.429. The van der Waals surface area contributed by atoms with E-state index in [4.69, 9.17) is 0 Å². The van der Waals surface area contributed by atoms with Crippen LogP contribution in [0, 0.1) is 27.7 Å². The lowest BCUT2D eigenvalue weighted by Gasteiger charge is -2.15. The predicted octanol–water partition coefficient (Wildman–Crippen LogP) is 3.58. The van der Waals surface area contributed by atoms with E-state index in [1.54, 1.807) is 11.1 Å². The first-order chi connectivity index (χ1) is 6.52. The maximum Gasteiger partial charge on any atom is -0.00608 e. The van der Waals surface area contributed by atoms with Gasteiger partial charge >= 0.3 is 0 Å². The minimum atomic E-state index is 1.10. The van der Waals surface area contributed by atoms with Gasteiger partial charge in [0.25, 0.3) is 0 Å². The van der Waals surface area contributed by atoms with Gasteiger partial charge in [-0.1, -0.05) is 12.2 Å². The smallest absolute Gasteiger partial charge is 0.00608 e. The topological polar surface area (TPSA) is 0 Å². The third kappa shape index (κ3) is 1.13. The highest BCUT2D eigenvalue weighted by atomic mass is 14.3. The highest BCUT2D eigenvalue weighted by Gasteiger charge is 2.20. The predicted molar refractivity (Wildman–Crippen MR) is 61.9 cm³/mol. The fourth-order valence-corrected chi connectivity index (χ4v) is 2.51. The quantitative estimate of drug-likeness (QED) is 0.543. The molecule has 2 rings (SSSR count). The van der Waals surface area contributed by atoms with Gasteiger partial charge in [-0.05, 0) is 73.9 Å². The summed E-state index contributed by atoms with van der Waals surface area (Å²) in [7, 11) is 0. The Kier molecular flexibility index (Phi) is 2.02. The zero-order valence-electron chi connectivity index (χ0n) is 9.62. The monoisotopic (exact) mass is 186 g/mol. The molecule has 0 atom stereocenters. The Morgan fingerprint density at radius 1 is 0.714 bits per heavy atom. The summed E-state index contributed by atoms with van der Waals surface area (Å²) in [5, 5.41) is 0. The largest absolute Gasteiger partial charge is 0.0992 e. The highest BCUT2D eigenvalue weighted by Crippen LogP contribution is 2.34. The van der Waals surface area contributed by atoms with Crippen molar-refractivity contribution in [1.82, 2.24) is 0 Å². The van der Waals surface area contributed by atoms with E-state index in [1.165, 1.54) is 27.8 Å². The van der Waals surface area contributed by atoms with Gasteiger partial charge < -0.3 is 0 Å².